The average molecular weight is 269 g/mol. The molecule has 1 heterocycles. The Morgan fingerprint density at radius 2 is 1.79 bits per heavy atom. The molecule has 0 N–H and O–H groups in total. The fraction of sp³-hybridized carbons (Fsp3) is 1.00. The molecular weight excluding hydrogens is 242 g/mol. The molecule has 5 heteroatoms. The van der Waals surface area contributed by atoms with Crippen molar-refractivity contribution in [2.24, 2.45) is 5.11 Å². The number of hydrogen-bond acceptors (Lipinski definition) is 3. The van der Waals surface area contributed by atoms with E-state index in [1.807, 2.05) is 0 Å². The second-order valence-electron chi connectivity index (χ2n) is 5.10. The van der Waals surface area contributed by atoms with Crippen LogP contribution in [-0.2, 0) is 9.47 Å². The molecule has 1 fully saturated rings. The number of ether oxygens (including phenoxy) is 2. The summed E-state index contributed by atoms with van der Waals surface area (Å²) < 4.78 is 11.2. The molecule has 0 radical (unpaired) electrons. The van der Waals surface area contributed by atoms with Gasteiger partial charge in [0.2, 0.25) is 0 Å². The van der Waals surface area contributed by atoms with Gasteiger partial charge in [-0.1, -0.05) is 37.2 Å². The summed E-state index contributed by atoms with van der Waals surface area (Å²) in [6.07, 6.45) is 11.9. The van der Waals surface area contributed by atoms with Crippen molar-refractivity contribution in [1.82, 2.24) is 0 Å². The van der Waals surface area contributed by atoms with Crippen LogP contribution in [0.5, 0.6) is 0 Å². The van der Waals surface area contributed by atoms with Gasteiger partial charge in [0.25, 0.3) is 0 Å². The minimum Gasteiger partial charge on any atom is -0.353 e. The van der Waals surface area contributed by atoms with E-state index in [0.717, 1.165) is 32.5 Å². The Morgan fingerprint density at radius 3 is 2.47 bits per heavy atom. The Hall–Kier alpha value is -0.770. The van der Waals surface area contributed by atoms with E-state index in [1.165, 1.54) is 44.9 Å². The van der Waals surface area contributed by atoms with E-state index >= 15 is 0 Å². The predicted molar refractivity (Wildman–Crippen MR) is 75.9 cm³/mol. The second kappa shape index (κ2) is 12.3. The first-order chi connectivity index (χ1) is 9.43. The van der Waals surface area contributed by atoms with Gasteiger partial charge in [0.05, 0.1) is 0 Å². The molecule has 19 heavy (non-hydrogen) atoms. The highest BCUT2D eigenvalue weighted by molar-refractivity contribution is 4.54. The minimum atomic E-state index is 0.0643. The van der Waals surface area contributed by atoms with Crippen LogP contribution < -0.4 is 0 Å². The van der Waals surface area contributed by atoms with E-state index in [1.54, 1.807) is 0 Å². The van der Waals surface area contributed by atoms with Gasteiger partial charge < -0.3 is 9.47 Å². The fourth-order valence-corrected chi connectivity index (χ4v) is 2.27. The van der Waals surface area contributed by atoms with Crippen molar-refractivity contribution >= 4 is 0 Å². The lowest BCUT2D eigenvalue weighted by Gasteiger charge is -2.22. The summed E-state index contributed by atoms with van der Waals surface area (Å²) in [5.41, 5.74) is 8.12. The van der Waals surface area contributed by atoms with Gasteiger partial charge in [-0.2, -0.15) is 0 Å². The number of hydrogen-bond donors (Lipinski definition) is 0. The first kappa shape index (κ1) is 16.3. The summed E-state index contributed by atoms with van der Waals surface area (Å²) in [7, 11) is 0. The number of unbranched alkanes of at least 4 members (excludes halogenated alkanes) is 6. The van der Waals surface area contributed by atoms with Crippen LogP contribution in [-0.4, -0.2) is 26.0 Å². The van der Waals surface area contributed by atoms with Gasteiger partial charge in [-0.25, -0.2) is 0 Å². The summed E-state index contributed by atoms with van der Waals surface area (Å²) in [4.78, 5) is 2.74. The maximum Gasteiger partial charge on any atom is 0.157 e. The van der Waals surface area contributed by atoms with Crippen LogP contribution in [0.25, 0.3) is 10.4 Å². The fourth-order valence-electron chi connectivity index (χ4n) is 2.27. The Morgan fingerprint density at radius 1 is 1.05 bits per heavy atom. The average Bonchev–Trinajstić information content (AvgIpc) is 2.46. The first-order valence-electron chi connectivity index (χ1n) is 7.67. The lowest BCUT2D eigenvalue weighted by molar-refractivity contribution is -0.162. The van der Waals surface area contributed by atoms with Gasteiger partial charge in [0, 0.05) is 24.7 Å². The highest BCUT2D eigenvalue weighted by Gasteiger charge is 2.13. The Balaban J connectivity index is 1.74. The third-order valence-electron chi connectivity index (χ3n) is 3.41. The van der Waals surface area contributed by atoms with E-state index in [9.17, 15) is 0 Å². The van der Waals surface area contributed by atoms with E-state index in [2.05, 4.69) is 10.0 Å². The molecule has 0 bridgehead atoms. The maximum atomic E-state index is 8.12. The van der Waals surface area contributed by atoms with Crippen LogP contribution >= 0.6 is 0 Å². The van der Waals surface area contributed by atoms with Crippen molar-refractivity contribution in [2.75, 3.05) is 19.8 Å². The Kier molecular flexibility index (Phi) is 10.5. The van der Waals surface area contributed by atoms with Crippen LogP contribution in [0.15, 0.2) is 5.11 Å². The molecule has 0 aliphatic carbocycles. The summed E-state index contributed by atoms with van der Waals surface area (Å²) in [6, 6.07) is 0. The summed E-state index contributed by atoms with van der Waals surface area (Å²) in [6.45, 7) is 2.34. The molecule has 1 unspecified atom stereocenters. The lowest BCUT2D eigenvalue weighted by Crippen LogP contribution is -2.22. The molecule has 1 aliphatic heterocycles. The van der Waals surface area contributed by atoms with E-state index in [4.69, 9.17) is 15.0 Å². The zero-order valence-corrected chi connectivity index (χ0v) is 11.9. The Labute approximate surface area is 116 Å². The molecule has 110 valence electrons. The van der Waals surface area contributed by atoms with Crippen molar-refractivity contribution in [2.45, 2.75) is 70.5 Å². The molecule has 0 spiro atoms. The topological polar surface area (TPSA) is 67.2 Å². The minimum absolute atomic E-state index is 0.0643. The van der Waals surface area contributed by atoms with E-state index in [-0.39, 0.29) is 6.29 Å². The molecule has 1 rings (SSSR count). The summed E-state index contributed by atoms with van der Waals surface area (Å²) in [5.74, 6) is 0. The summed E-state index contributed by atoms with van der Waals surface area (Å²) >= 11 is 0. The van der Waals surface area contributed by atoms with Crippen LogP contribution in [0.3, 0.4) is 0 Å². The summed E-state index contributed by atoms with van der Waals surface area (Å²) in [5, 5.41) is 3.53. The number of azide groups is 1. The van der Waals surface area contributed by atoms with Gasteiger partial charge in [-0.05, 0) is 37.6 Å². The van der Waals surface area contributed by atoms with Gasteiger partial charge in [0.15, 0.2) is 6.29 Å². The van der Waals surface area contributed by atoms with Crippen molar-refractivity contribution in [3.63, 3.8) is 0 Å². The molecule has 0 amide bonds. The first-order valence-corrected chi connectivity index (χ1v) is 7.67. The molecular formula is C14H27N3O2. The van der Waals surface area contributed by atoms with Crippen molar-refractivity contribution in [3.05, 3.63) is 10.4 Å². The highest BCUT2D eigenvalue weighted by Crippen LogP contribution is 2.14. The predicted octanol–water partition coefficient (Wildman–Crippen LogP) is 4.57. The molecule has 1 aliphatic rings. The molecule has 0 aromatic heterocycles. The van der Waals surface area contributed by atoms with Crippen LogP contribution in [0.2, 0.25) is 0 Å². The number of nitrogens with zero attached hydrogens (tertiary/aromatic N) is 3. The zero-order valence-electron chi connectivity index (χ0n) is 11.9. The van der Waals surface area contributed by atoms with E-state index in [0.29, 0.717) is 6.54 Å². The maximum absolute atomic E-state index is 8.12. The smallest absolute Gasteiger partial charge is 0.157 e. The van der Waals surface area contributed by atoms with Gasteiger partial charge in [-0.15, -0.1) is 0 Å². The van der Waals surface area contributed by atoms with E-state index < -0.39 is 0 Å². The molecule has 0 aromatic rings. The normalized spacial score (nSPS) is 19.1. The van der Waals surface area contributed by atoms with Crippen LogP contribution in [0.1, 0.15) is 64.2 Å². The SMILES string of the molecule is [N-]=[N+]=NCCCCCCCCCOC1CCCCO1. The quantitative estimate of drug-likeness (QED) is 0.238. The molecule has 5 nitrogen and oxygen atoms in total. The molecule has 1 saturated heterocycles. The zero-order chi connectivity index (χ0) is 13.6. The highest BCUT2D eigenvalue weighted by atomic mass is 16.7. The lowest BCUT2D eigenvalue weighted by atomic mass is 10.1. The van der Waals surface area contributed by atoms with Crippen LogP contribution in [0, 0.1) is 0 Å². The van der Waals surface area contributed by atoms with Crippen LogP contribution in [0.4, 0.5) is 0 Å². The van der Waals surface area contributed by atoms with Crippen molar-refractivity contribution in [1.29, 1.82) is 0 Å². The van der Waals surface area contributed by atoms with Gasteiger partial charge >= 0.3 is 0 Å². The second-order valence-corrected chi connectivity index (χ2v) is 5.10. The molecule has 0 aromatic carbocycles. The van der Waals surface area contributed by atoms with Gasteiger partial charge in [0.1, 0.15) is 0 Å². The monoisotopic (exact) mass is 269 g/mol. The molecule has 0 saturated carbocycles. The van der Waals surface area contributed by atoms with Crippen molar-refractivity contribution in [3.8, 4) is 0 Å². The molecule has 1 atom stereocenters. The Bertz CT molecular complexity index is 249. The third-order valence-corrected chi connectivity index (χ3v) is 3.41. The van der Waals surface area contributed by atoms with Gasteiger partial charge in [-0.3, -0.25) is 0 Å². The third kappa shape index (κ3) is 9.77. The largest absolute Gasteiger partial charge is 0.353 e. The van der Waals surface area contributed by atoms with Crippen molar-refractivity contribution < 1.29 is 9.47 Å². The number of rotatable bonds is 11. The standard InChI is InChI=1S/C14H27N3O2/c15-17-16-11-7-4-2-1-3-5-8-12-18-14-10-6-9-13-19-14/h14H,1-13H2.